The van der Waals surface area contributed by atoms with E-state index in [2.05, 4.69) is 19.6 Å². The highest BCUT2D eigenvalue weighted by Gasteiger charge is 2.37. The van der Waals surface area contributed by atoms with Gasteiger partial charge in [-0.25, -0.2) is 4.79 Å². The molecule has 2 rings (SSSR count). The standard InChI is InChI=1S/C17H22O4/c1-11-5-4-6-14(10-20-13(3)18)9-16-15(8-7-11)12(2)17(19)21-16/h5,9,15-16H,2,4,6-8,10H2,1,3H3/b11-5+,14-9-/t15-,16+/m0/s1. The highest BCUT2D eigenvalue weighted by atomic mass is 16.6. The molecule has 1 fully saturated rings. The summed E-state index contributed by atoms with van der Waals surface area (Å²) in [7, 11) is 0. The van der Waals surface area contributed by atoms with Gasteiger partial charge in [0.1, 0.15) is 12.7 Å². The summed E-state index contributed by atoms with van der Waals surface area (Å²) in [6.07, 6.45) is 7.39. The average molecular weight is 290 g/mol. The molecular weight excluding hydrogens is 268 g/mol. The SMILES string of the molecule is C=C1C(=O)O[C@@H]2/C=C(\COC(C)=O)CC/C=C(\C)CC[C@@H]12. The lowest BCUT2D eigenvalue weighted by Crippen LogP contribution is -2.17. The van der Waals surface area contributed by atoms with Gasteiger partial charge in [-0.15, -0.1) is 0 Å². The monoisotopic (exact) mass is 290 g/mol. The molecule has 0 radical (unpaired) electrons. The minimum atomic E-state index is -0.311. The quantitative estimate of drug-likeness (QED) is 0.445. The molecule has 0 saturated carbocycles. The van der Waals surface area contributed by atoms with Gasteiger partial charge in [0.05, 0.1) is 0 Å². The minimum absolute atomic E-state index is 0.0197. The van der Waals surface area contributed by atoms with Gasteiger partial charge in [-0.05, 0) is 44.3 Å². The number of allylic oxidation sites excluding steroid dienone is 2. The first-order chi connectivity index (χ1) is 9.97. The van der Waals surface area contributed by atoms with Crippen molar-refractivity contribution in [2.75, 3.05) is 6.61 Å². The van der Waals surface area contributed by atoms with Gasteiger partial charge in [-0.2, -0.15) is 0 Å². The number of rotatable bonds is 2. The molecule has 1 heterocycles. The Labute approximate surface area is 125 Å². The first kappa shape index (κ1) is 15.5. The summed E-state index contributed by atoms with van der Waals surface area (Å²) in [4.78, 5) is 22.7. The molecule has 4 heteroatoms. The van der Waals surface area contributed by atoms with E-state index in [9.17, 15) is 9.59 Å². The van der Waals surface area contributed by atoms with Crippen LogP contribution in [0.3, 0.4) is 0 Å². The van der Waals surface area contributed by atoms with E-state index in [0.717, 1.165) is 31.3 Å². The molecule has 4 nitrogen and oxygen atoms in total. The molecule has 2 atom stereocenters. The van der Waals surface area contributed by atoms with Crippen molar-refractivity contribution in [2.45, 2.75) is 45.6 Å². The third-order valence-electron chi connectivity index (χ3n) is 4.02. The Morgan fingerprint density at radius 3 is 2.95 bits per heavy atom. The zero-order valence-electron chi connectivity index (χ0n) is 12.7. The molecule has 0 aromatic heterocycles. The number of carbonyl (C=O) groups excluding carboxylic acids is 2. The number of ether oxygens (including phenoxy) is 2. The van der Waals surface area contributed by atoms with Crippen molar-refractivity contribution >= 4 is 11.9 Å². The molecule has 0 aromatic carbocycles. The molecular formula is C17H22O4. The van der Waals surface area contributed by atoms with Crippen molar-refractivity contribution in [3.63, 3.8) is 0 Å². The minimum Gasteiger partial charge on any atom is -0.461 e. The molecule has 0 aromatic rings. The summed E-state index contributed by atoms with van der Waals surface area (Å²) in [5.41, 5.74) is 2.86. The maximum Gasteiger partial charge on any atom is 0.334 e. The Morgan fingerprint density at radius 2 is 2.24 bits per heavy atom. The highest BCUT2D eigenvalue weighted by Crippen LogP contribution is 2.34. The normalized spacial score (nSPS) is 31.3. The van der Waals surface area contributed by atoms with Crippen LogP contribution in [0.2, 0.25) is 0 Å². The van der Waals surface area contributed by atoms with E-state index < -0.39 is 0 Å². The van der Waals surface area contributed by atoms with Crippen LogP contribution in [0.25, 0.3) is 0 Å². The number of hydrogen-bond acceptors (Lipinski definition) is 4. The molecule has 2 aliphatic rings. The molecule has 1 aliphatic carbocycles. The molecule has 0 spiro atoms. The van der Waals surface area contributed by atoms with E-state index in [1.165, 1.54) is 12.5 Å². The number of carbonyl (C=O) groups is 2. The molecule has 0 N–H and O–H groups in total. The van der Waals surface area contributed by atoms with Crippen LogP contribution in [-0.2, 0) is 19.1 Å². The van der Waals surface area contributed by atoms with Crippen molar-refractivity contribution in [2.24, 2.45) is 5.92 Å². The lowest BCUT2D eigenvalue weighted by Gasteiger charge is -2.18. The zero-order valence-corrected chi connectivity index (χ0v) is 12.7. The Kier molecular flexibility index (Phi) is 4.99. The second-order valence-corrected chi connectivity index (χ2v) is 5.73. The van der Waals surface area contributed by atoms with Crippen LogP contribution in [-0.4, -0.2) is 24.6 Å². The van der Waals surface area contributed by atoms with Gasteiger partial charge in [-0.1, -0.05) is 18.2 Å². The maximum absolute atomic E-state index is 11.7. The van der Waals surface area contributed by atoms with Gasteiger partial charge in [0.25, 0.3) is 0 Å². The van der Waals surface area contributed by atoms with Crippen molar-refractivity contribution in [3.05, 3.63) is 35.5 Å². The highest BCUT2D eigenvalue weighted by molar-refractivity contribution is 5.91. The van der Waals surface area contributed by atoms with E-state index >= 15 is 0 Å². The van der Waals surface area contributed by atoms with Crippen molar-refractivity contribution in [3.8, 4) is 0 Å². The predicted molar refractivity (Wildman–Crippen MR) is 79.5 cm³/mol. The second kappa shape index (κ2) is 6.74. The molecule has 1 saturated heterocycles. The fourth-order valence-electron chi connectivity index (χ4n) is 2.74. The van der Waals surface area contributed by atoms with Gasteiger partial charge in [0.15, 0.2) is 0 Å². The molecule has 0 unspecified atom stereocenters. The smallest absolute Gasteiger partial charge is 0.334 e. The third-order valence-corrected chi connectivity index (χ3v) is 4.02. The van der Waals surface area contributed by atoms with Crippen molar-refractivity contribution < 1.29 is 19.1 Å². The van der Waals surface area contributed by atoms with Gasteiger partial charge in [0.2, 0.25) is 0 Å². The van der Waals surface area contributed by atoms with Gasteiger partial charge >= 0.3 is 11.9 Å². The summed E-state index contributed by atoms with van der Waals surface area (Å²) in [5.74, 6) is -0.593. The zero-order chi connectivity index (χ0) is 15.4. The Morgan fingerprint density at radius 1 is 1.48 bits per heavy atom. The van der Waals surface area contributed by atoms with Crippen LogP contribution in [0, 0.1) is 5.92 Å². The van der Waals surface area contributed by atoms with E-state index in [4.69, 9.17) is 9.47 Å². The lowest BCUT2D eigenvalue weighted by atomic mass is 9.88. The average Bonchev–Trinajstić information content (AvgIpc) is 2.69. The Balaban J connectivity index is 2.20. The fraction of sp³-hybridized carbons (Fsp3) is 0.529. The summed E-state index contributed by atoms with van der Waals surface area (Å²) < 4.78 is 10.5. The maximum atomic E-state index is 11.7. The fourth-order valence-corrected chi connectivity index (χ4v) is 2.74. The molecule has 21 heavy (non-hydrogen) atoms. The van der Waals surface area contributed by atoms with E-state index in [1.54, 1.807) is 0 Å². The Bertz CT molecular complexity index is 513. The molecule has 0 amide bonds. The van der Waals surface area contributed by atoms with Crippen LogP contribution in [0.1, 0.15) is 39.5 Å². The third kappa shape index (κ3) is 4.06. The van der Waals surface area contributed by atoms with Crippen LogP contribution < -0.4 is 0 Å². The molecule has 0 bridgehead atoms. The van der Waals surface area contributed by atoms with Gasteiger partial charge in [0, 0.05) is 18.4 Å². The van der Waals surface area contributed by atoms with E-state index in [-0.39, 0.29) is 30.6 Å². The summed E-state index contributed by atoms with van der Waals surface area (Å²) in [6.45, 7) is 7.62. The summed E-state index contributed by atoms with van der Waals surface area (Å²) in [5, 5.41) is 0. The predicted octanol–water partition coefficient (Wildman–Crippen LogP) is 3.09. The number of fused-ring (bicyclic) bond motifs is 1. The van der Waals surface area contributed by atoms with Crippen molar-refractivity contribution in [1.29, 1.82) is 0 Å². The Hall–Kier alpha value is -1.84. The molecule has 114 valence electrons. The topological polar surface area (TPSA) is 52.6 Å². The summed E-state index contributed by atoms with van der Waals surface area (Å²) in [6, 6.07) is 0. The first-order valence-electron chi connectivity index (χ1n) is 7.35. The lowest BCUT2D eigenvalue weighted by molar-refractivity contribution is -0.140. The number of esters is 2. The number of hydrogen-bond donors (Lipinski definition) is 0. The largest absolute Gasteiger partial charge is 0.461 e. The van der Waals surface area contributed by atoms with E-state index in [0.29, 0.717) is 5.57 Å². The van der Waals surface area contributed by atoms with Gasteiger partial charge < -0.3 is 9.47 Å². The van der Waals surface area contributed by atoms with Crippen LogP contribution >= 0.6 is 0 Å². The van der Waals surface area contributed by atoms with Gasteiger partial charge in [-0.3, -0.25) is 4.79 Å². The summed E-state index contributed by atoms with van der Waals surface area (Å²) >= 11 is 0. The van der Waals surface area contributed by atoms with Crippen molar-refractivity contribution in [1.82, 2.24) is 0 Å². The molecule has 1 aliphatic heterocycles. The van der Waals surface area contributed by atoms with Crippen LogP contribution in [0.4, 0.5) is 0 Å². The van der Waals surface area contributed by atoms with Crippen LogP contribution in [0.5, 0.6) is 0 Å². The van der Waals surface area contributed by atoms with Crippen LogP contribution in [0.15, 0.2) is 35.5 Å². The second-order valence-electron chi connectivity index (χ2n) is 5.73. The van der Waals surface area contributed by atoms with E-state index in [1.807, 2.05) is 6.08 Å². The first-order valence-corrected chi connectivity index (χ1v) is 7.35.